The lowest BCUT2D eigenvalue weighted by atomic mass is 10.2. The monoisotopic (exact) mass is 354 g/mol. The van der Waals surface area contributed by atoms with Gasteiger partial charge in [0.15, 0.2) is 0 Å². The fraction of sp³-hybridized carbons (Fsp3) is 0.455. The summed E-state index contributed by atoms with van der Waals surface area (Å²) < 4.78 is 50.7. The molecule has 2 rings (SSSR count). The molecule has 0 unspecified atom stereocenters. The normalized spacial score (nSPS) is 17.6. The van der Waals surface area contributed by atoms with Crippen molar-refractivity contribution in [3.8, 4) is 0 Å². The summed E-state index contributed by atoms with van der Waals surface area (Å²) in [5.41, 5.74) is 0. The van der Waals surface area contributed by atoms with Gasteiger partial charge in [-0.1, -0.05) is 6.42 Å². The number of hydrogen-bond donors (Lipinski definition) is 1. The van der Waals surface area contributed by atoms with E-state index in [2.05, 4.69) is 20.8 Å². The highest BCUT2D eigenvalue weighted by molar-refractivity contribution is 9.10. The van der Waals surface area contributed by atoms with Crippen molar-refractivity contribution in [2.75, 3.05) is 13.1 Å². The minimum atomic E-state index is -4.05. The Bertz CT molecular complexity index is 551. The van der Waals surface area contributed by atoms with Gasteiger partial charge in [-0.05, 0) is 34.8 Å². The van der Waals surface area contributed by atoms with Gasteiger partial charge in [0, 0.05) is 23.6 Å². The quantitative estimate of drug-likeness (QED) is 0.906. The van der Waals surface area contributed by atoms with Gasteiger partial charge in [0.05, 0.1) is 0 Å². The molecule has 0 aromatic heterocycles. The molecule has 0 aliphatic carbocycles. The van der Waals surface area contributed by atoms with Crippen LogP contribution in [0.3, 0.4) is 0 Å². The predicted molar refractivity (Wildman–Crippen MR) is 69.8 cm³/mol. The van der Waals surface area contributed by atoms with Crippen molar-refractivity contribution in [3.05, 3.63) is 28.2 Å². The molecular formula is C11H13BrF2N2O2S. The molecule has 0 amide bonds. The summed E-state index contributed by atoms with van der Waals surface area (Å²) in [5.74, 6) is -1.95. The number of rotatable bonds is 3. The second-order valence-electron chi connectivity index (χ2n) is 4.34. The summed E-state index contributed by atoms with van der Waals surface area (Å²) in [6.45, 7) is 1.17. The van der Waals surface area contributed by atoms with Gasteiger partial charge in [-0.3, -0.25) is 0 Å². The number of benzene rings is 1. The maximum atomic E-state index is 13.7. The first-order chi connectivity index (χ1) is 8.90. The highest BCUT2D eigenvalue weighted by Gasteiger charge is 2.26. The number of piperidine rings is 1. The second-order valence-corrected chi connectivity index (χ2v) is 6.79. The zero-order valence-electron chi connectivity index (χ0n) is 10.00. The minimum Gasteiger partial charge on any atom is -0.230 e. The Morgan fingerprint density at radius 2 is 1.79 bits per heavy atom. The summed E-state index contributed by atoms with van der Waals surface area (Å²) in [4.78, 5) is 1.76. The smallest absolute Gasteiger partial charge is 0.230 e. The Morgan fingerprint density at radius 1 is 1.16 bits per heavy atom. The number of hydrogen-bond acceptors (Lipinski definition) is 3. The summed E-state index contributed by atoms with van der Waals surface area (Å²) >= 11 is 2.88. The molecule has 1 aromatic rings. The zero-order chi connectivity index (χ0) is 14.0. The van der Waals surface area contributed by atoms with Gasteiger partial charge in [0.25, 0.3) is 10.0 Å². The lowest BCUT2D eigenvalue weighted by Gasteiger charge is -2.26. The lowest BCUT2D eigenvalue weighted by molar-refractivity contribution is 0.199. The van der Waals surface area contributed by atoms with Crippen molar-refractivity contribution in [1.29, 1.82) is 0 Å². The van der Waals surface area contributed by atoms with Crippen molar-refractivity contribution in [2.24, 2.45) is 0 Å². The molecule has 0 atom stereocenters. The van der Waals surface area contributed by atoms with Gasteiger partial charge in [0.1, 0.15) is 16.5 Å². The maximum Gasteiger partial charge on any atom is 0.257 e. The van der Waals surface area contributed by atoms with Gasteiger partial charge in [0.2, 0.25) is 0 Å². The number of nitrogens with one attached hydrogen (secondary N) is 1. The van der Waals surface area contributed by atoms with Gasteiger partial charge < -0.3 is 0 Å². The molecule has 106 valence electrons. The van der Waals surface area contributed by atoms with Crippen molar-refractivity contribution in [2.45, 2.75) is 24.2 Å². The van der Waals surface area contributed by atoms with Crippen molar-refractivity contribution in [3.63, 3.8) is 0 Å². The van der Waals surface area contributed by atoms with Crippen LogP contribution in [0.5, 0.6) is 0 Å². The molecule has 0 bridgehead atoms. The van der Waals surface area contributed by atoms with Crippen LogP contribution in [0.2, 0.25) is 0 Å². The molecule has 1 aliphatic heterocycles. The van der Waals surface area contributed by atoms with Crippen LogP contribution in [-0.4, -0.2) is 26.5 Å². The van der Waals surface area contributed by atoms with Crippen molar-refractivity contribution >= 4 is 26.0 Å². The van der Waals surface area contributed by atoms with Crippen LogP contribution in [0, 0.1) is 11.6 Å². The Balaban J connectivity index is 2.29. The molecule has 0 radical (unpaired) electrons. The topological polar surface area (TPSA) is 49.4 Å². The molecule has 1 aromatic carbocycles. The highest BCUT2D eigenvalue weighted by atomic mass is 79.9. The molecule has 1 heterocycles. The first-order valence-electron chi connectivity index (χ1n) is 5.82. The summed E-state index contributed by atoms with van der Waals surface area (Å²) in [6, 6.07) is 1.48. The number of nitrogens with zero attached hydrogens (tertiary/aromatic N) is 1. The molecule has 0 saturated carbocycles. The van der Waals surface area contributed by atoms with E-state index in [4.69, 9.17) is 0 Å². The van der Waals surface area contributed by atoms with E-state index in [1.165, 1.54) is 5.01 Å². The standard InChI is InChI=1S/C11H13BrF2N2O2S/c12-9-6-8(13)7-10(14)11(9)19(17,18)15-16-4-2-1-3-5-16/h6-7,15H,1-5H2. The molecule has 0 spiro atoms. The third kappa shape index (κ3) is 3.50. The van der Waals surface area contributed by atoms with Gasteiger partial charge in [-0.15, -0.1) is 4.83 Å². The van der Waals surface area contributed by atoms with Crippen molar-refractivity contribution in [1.82, 2.24) is 9.84 Å². The largest absolute Gasteiger partial charge is 0.257 e. The Kier molecular flexibility index (Phi) is 4.54. The molecule has 1 N–H and O–H groups in total. The Labute approximate surface area is 118 Å². The van der Waals surface area contributed by atoms with Crippen LogP contribution >= 0.6 is 15.9 Å². The number of halogens is 3. The molecule has 1 aliphatic rings. The average molecular weight is 355 g/mol. The maximum absolute atomic E-state index is 13.7. The van der Waals surface area contributed by atoms with E-state index in [0.717, 1.165) is 25.3 Å². The SMILES string of the molecule is O=S(=O)(NN1CCCCC1)c1c(F)cc(F)cc1Br. The Hall–Kier alpha value is -0.570. The fourth-order valence-corrected chi connectivity index (χ4v) is 4.28. The van der Waals surface area contributed by atoms with E-state index >= 15 is 0 Å². The zero-order valence-corrected chi connectivity index (χ0v) is 12.4. The average Bonchev–Trinajstić information content (AvgIpc) is 2.27. The molecule has 1 fully saturated rings. The van der Waals surface area contributed by atoms with Gasteiger partial charge >= 0.3 is 0 Å². The van der Waals surface area contributed by atoms with Crippen LogP contribution in [0.15, 0.2) is 21.5 Å². The van der Waals surface area contributed by atoms with E-state index in [0.29, 0.717) is 19.2 Å². The van der Waals surface area contributed by atoms with Crippen LogP contribution in [0.25, 0.3) is 0 Å². The first kappa shape index (κ1) is 14.8. The summed E-state index contributed by atoms with van der Waals surface area (Å²) in [6.07, 6.45) is 2.82. The van der Waals surface area contributed by atoms with E-state index in [-0.39, 0.29) is 4.47 Å². The van der Waals surface area contributed by atoms with E-state index in [9.17, 15) is 17.2 Å². The molecule has 19 heavy (non-hydrogen) atoms. The van der Waals surface area contributed by atoms with E-state index in [1.807, 2.05) is 0 Å². The van der Waals surface area contributed by atoms with Crippen LogP contribution < -0.4 is 4.83 Å². The van der Waals surface area contributed by atoms with Gasteiger partial charge in [-0.2, -0.15) is 0 Å². The third-order valence-corrected chi connectivity index (χ3v) is 5.18. The second kappa shape index (κ2) is 5.82. The van der Waals surface area contributed by atoms with E-state index in [1.54, 1.807) is 0 Å². The molecular weight excluding hydrogens is 342 g/mol. The first-order valence-corrected chi connectivity index (χ1v) is 8.10. The molecule has 4 nitrogen and oxygen atoms in total. The number of sulfonamides is 1. The van der Waals surface area contributed by atoms with Crippen LogP contribution in [0.1, 0.15) is 19.3 Å². The predicted octanol–water partition coefficient (Wildman–Crippen LogP) is 2.41. The van der Waals surface area contributed by atoms with Crippen LogP contribution in [0.4, 0.5) is 8.78 Å². The minimum absolute atomic E-state index is 0.130. The van der Waals surface area contributed by atoms with Crippen LogP contribution in [-0.2, 0) is 10.0 Å². The van der Waals surface area contributed by atoms with Crippen molar-refractivity contribution < 1.29 is 17.2 Å². The summed E-state index contributed by atoms with van der Waals surface area (Å²) in [7, 11) is -4.05. The molecule has 8 heteroatoms. The fourth-order valence-electron chi connectivity index (χ4n) is 1.99. The third-order valence-electron chi connectivity index (χ3n) is 2.84. The molecule has 1 saturated heterocycles. The van der Waals surface area contributed by atoms with E-state index < -0.39 is 26.6 Å². The summed E-state index contributed by atoms with van der Waals surface area (Å²) in [5, 5.41) is 1.54. The highest BCUT2D eigenvalue weighted by Crippen LogP contribution is 2.26. The lowest BCUT2D eigenvalue weighted by Crippen LogP contribution is -2.45. The Morgan fingerprint density at radius 3 is 2.37 bits per heavy atom. The number of hydrazine groups is 1. The van der Waals surface area contributed by atoms with Gasteiger partial charge in [-0.25, -0.2) is 22.2 Å².